The van der Waals surface area contributed by atoms with E-state index in [1.165, 1.54) is 6.07 Å². The number of ether oxygens (including phenoxy) is 1. The molecule has 1 aromatic rings. The molecule has 1 aromatic carbocycles. The largest absolute Gasteiger partial charge is 0.508 e. The molecule has 0 bridgehead atoms. The molecule has 0 aliphatic carbocycles. The first-order chi connectivity index (χ1) is 9.28. The SMILES string of the molecule is CC(C)(C)OC(=O)NCC1OB(O)c2c(O)cccc21. The van der Waals surface area contributed by atoms with Gasteiger partial charge in [0, 0.05) is 12.0 Å². The average Bonchev–Trinajstić information content (AvgIpc) is 2.63. The second-order valence-corrected chi connectivity index (χ2v) is 5.64. The van der Waals surface area contributed by atoms with E-state index in [-0.39, 0.29) is 12.3 Å². The summed E-state index contributed by atoms with van der Waals surface area (Å²) in [6, 6.07) is 4.89. The van der Waals surface area contributed by atoms with Crippen LogP contribution in [-0.2, 0) is 9.39 Å². The molecule has 0 saturated heterocycles. The topological polar surface area (TPSA) is 88.0 Å². The van der Waals surface area contributed by atoms with Crippen LogP contribution in [0.2, 0.25) is 0 Å². The van der Waals surface area contributed by atoms with Gasteiger partial charge in [0.1, 0.15) is 11.4 Å². The standard InChI is InChI=1S/C13H18BNO5/c1-13(2,3)19-12(17)15-7-10-8-5-4-6-9(16)11(8)14(18)20-10/h4-6,10,16,18H,7H2,1-3H3,(H,15,17). The zero-order valence-corrected chi connectivity index (χ0v) is 11.7. The molecule has 2 rings (SSSR count). The van der Waals surface area contributed by atoms with E-state index in [0.29, 0.717) is 11.0 Å². The van der Waals surface area contributed by atoms with Crippen LogP contribution in [0.3, 0.4) is 0 Å². The predicted molar refractivity (Wildman–Crippen MR) is 73.8 cm³/mol. The van der Waals surface area contributed by atoms with Crippen LogP contribution in [-0.4, -0.2) is 35.5 Å². The highest BCUT2D eigenvalue weighted by Gasteiger charge is 2.37. The number of aromatic hydroxyl groups is 1. The number of alkyl carbamates (subject to hydrolysis) is 1. The maximum Gasteiger partial charge on any atom is 0.495 e. The number of nitrogens with one attached hydrogen (secondary N) is 1. The Hall–Kier alpha value is -1.73. The molecule has 0 saturated carbocycles. The Balaban J connectivity index is 2.00. The van der Waals surface area contributed by atoms with Crippen molar-refractivity contribution in [3.8, 4) is 5.75 Å². The van der Waals surface area contributed by atoms with E-state index < -0.39 is 24.9 Å². The quantitative estimate of drug-likeness (QED) is 0.693. The summed E-state index contributed by atoms with van der Waals surface area (Å²) in [5.74, 6) is -0.0187. The van der Waals surface area contributed by atoms with E-state index in [1.807, 2.05) is 0 Å². The smallest absolute Gasteiger partial charge is 0.495 e. The third-order valence-electron chi connectivity index (χ3n) is 2.83. The van der Waals surface area contributed by atoms with Crippen molar-refractivity contribution in [3.63, 3.8) is 0 Å². The van der Waals surface area contributed by atoms with Crippen molar-refractivity contribution in [2.24, 2.45) is 0 Å². The third kappa shape index (κ3) is 3.23. The first-order valence-corrected chi connectivity index (χ1v) is 6.40. The molecule has 6 nitrogen and oxygen atoms in total. The Morgan fingerprint density at radius 3 is 2.85 bits per heavy atom. The van der Waals surface area contributed by atoms with Gasteiger partial charge in [0.25, 0.3) is 0 Å². The van der Waals surface area contributed by atoms with Crippen LogP contribution in [0, 0.1) is 0 Å². The minimum absolute atomic E-state index is 0.0187. The lowest BCUT2D eigenvalue weighted by molar-refractivity contribution is 0.0498. The van der Waals surface area contributed by atoms with Crippen molar-refractivity contribution in [2.45, 2.75) is 32.5 Å². The summed E-state index contributed by atoms with van der Waals surface area (Å²) in [6.45, 7) is 5.48. The highest BCUT2D eigenvalue weighted by Crippen LogP contribution is 2.26. The van der Waals surface area contributed by atoms with Gasteiger partial charge in [-0.3, -0.25) is 0 Å². The Morgan fingerprint density at radius 2 is 2.20 bits per heavy atom. The van der Waals surface area contributed by atoms with Crippen molar-refractivity contribution in [1.29, 1.82) is 0 Å². The van der Waals surface area contributed by atoms with Crippen LogP contribution in [0.25, 0.3) is 0 Å². The first kappa shape index (κ1) is 14.7. The lowest BCUT2D eigenvalue weighted by Gasteiger charge is -2.21. The molecule has 3 N–H and O–H groups in total. The Morgan fingerprint density at radius 1 is 1.50 bits per heavy atom. The Bertz CT molecular complexity index is 514. The lowest BCUT2D eigenvalue weighted by atomic mass is 9.78. The first-order valence-electron chi connectivity index (χ1n) is 6.40. The number of hydrogen-bond donors (Lipinski definition) is 3. The van der Waals surface area contributed by atoms with Crippen LogP contribution in [0.15, 0.2) is 18.2 Å². The van der Waals surface area contributed by atoms with Crippen LogP contribution in [0.4, 0.5) is 4.79 Å². The van der Waals surface area contributed by atoms with Gasteiger partial charge in [-0.05, 0) is 32.4 Å². The van der Waals surface area contributed by atoms with Crippen LogP contribution in [0.5, 0.6) is 5.75 Å². The zero-order valence-electron chi connectivity index (χ0n) is 11.7. The van der Waals surface area contributed by atoms with Crippen molar-refractivity contribution in [2.75, 3.05) is 6.54 Å². The molecule has 0 radical (unpaired) electrons. The number of benzene rings is 1. The molecule has 1 aliphatic rings. The molecule has 108 valence electrons. The van der Waals surface area contributed by atoms with Crippen LogP contribution >= 0.6 is 0 Å². The fourth-order valence-electron chi connectivity index (χ4n) is 2.07. The molecule has 0 fully saturated rings. The highest BCUT2D eigenvalue weighted by atomic mass is 16.6. The minimum Gasteiger partial charge on any atom is -0.508 e. The number of fused-ring (bicyclic) bond motifs is 1. The highest BCUT2D eigenvalue weighted by molar-refractivity contribution is 6.62. The monoisotopic (exact) mass is 279 g/mol. The molecular formula is C13H18BNO5. The number of carbonyl (C=O) groups is 1. The van der Waals surface area contributed by atoms with Gasteiger partial charge in [-0.1, -0.05) is 12.1 Å². The summed E-state index contributed by atoms with van der Waals surface area (Å²) in [7, 11) is -1.18. The molecule has 7 heteroatoms. The van der Waals surface area contributed by atoms with E-state index >= 15 is 0 Å². The summed E-state index contributed by atoms with van der Waals surface area (Å²) < 4.78 is 10.4. The second kappa shape index (κ2) is 5.34. The van der Waals surface area contributed by atoms with Gasteiger partial charge in [0.2, 0.25) is 0 Å². The van der Waals surface area contributed by atoms with Gasteiger partial charge >= 0.3 is 13.2 Å². The van der Waals surface area contributed by atoms with Crippen molar-refractivity contribution in [3.05, 3.63) is 23.8 Å². The summed E-state index contributed by atoms with van der Waals surface area (Å²) in [4.78, 5) is 11.6. The molecule has 0 spiro atoms. The van der Waals surface area contributed by atoms with Gasteiger partial charge in [-0.15, -0.1) is 0 Å². The molecule has 1 unspecified atom stereocenters. The molecular weight excluding hydrogens is 261 g/mol. The van der Waals surface area contributed by atoms with Crippen LogP contribution < -0.4 is 10.8 Å². The number of amides is 1. The molecule has 1 atom stereocenters. The molecule has 20 heavy (non-hydrogen) atoms. The fourth-order valence-corrected chi connectivity index (χ4v) is 2.07. The van der Waals surface area contributed by atoms with Gasteiger partial charge in [0.15, 0.2) is 0 Å². The van der Waals surface area contributed by atoms with Gasteiger partial charge in [-0.25, -0.2) is 4.79 Å². The third-order valence-corrected chi connectivity index (χ3v) is 2.83. The summed E-state index contributed by atoms with van der Waals surface area (Å²) in [5, 5.41) is 22.0. The Labute approximate surface area is 117 Å². The summed E-state index contributed by atoms with van der Waals surface area (Å²) >= 11 is 0. The van der Waals surface area contributed by atoms with E-state index in [1.54, 1.807) is 32.9 Å². The van der Waals surface area contributed by atoms with Gasteiger partial charge in [-0.2, -0.15) is 0 Å². The second-order valence-electron chi connectivity index (χ2n) is 5.64. The number of phenolic OH excluding ortho intramolecular Hbond substituents is 1. The van der Waals surface area contributed by atoms with Crippen molar-refractivity contribution < 1.29 is 24.3 Å². The number of hydrogen-bond acceptors (Lipinski definition) is 5. The van der Waals surface area contributed by atoms with E-state index in [0.717, 1.165) is 0 Å². The average molecular weight is 279 g/mol. The molecule has 1 amide bonds. The maximum absolute atomic E-state index is 11.6. The van der Waals surface area contributed by atoms with E-state index in [9.17, 15) is 14.9 Å². The fraction of sp³-hybridized carbons (Fsp3) is 0.462. The number of carbonyl (C=O) groups excluding carboxylic acids is 1. The van der Waals surface area contributed by atoms with Crippen molar-refractivity contribution >= 4 is 18.7 Å². The molecule has 1 heterocycles. The van der Waals surface area contributed by atoms with E-state index in [4.69, 9.17) is 9.39 Å². The zero-order chi connectivity index (χ0) is 14.9. The molecule has 1 aliphatic heterocycles. The van der Waals surface area contributed by atoms with Gasteiger partial charge < -0.3 is 24.8 Å². The number of phenols is 1. The number of rotatable bonds is 2. The van der Waals surface area contributed by atoms with Crippen molar-refractivity contribution in [1.82, 2.24) is 5.32 Å². The van der Waals surface area contributed by atoms with Gasteiger partial charge in [0.05, 0.1) is 6.10 Å². The minimum atomic E-state index is -1.18. The predicted octanol–water partition coefficient (Wildman–Crippen LogP) is 0.676. The lowest BCUT2D eigenvalue weighted by Crippen LogP contribution is -2.35. The summed E-state index contributed by atoms with van der Waals surface area (Å²) in [5.41, 5.74) is 0.438. The molecule has 0 aromatic heterocycles. The Kier molecular flexibility index (Phi) is 3.92. The maximum atomic E-state index is 11.6. The van der Waals surface area contributed by atoms with Crippen LogP contribution in [0.1, 0.15) is 32.4 Å². The van der Waals surface area contributed by atoms with E-state index in [2.05, 4.69) is 5.32 Å². The normalized spacial score (nSPS) is 17.8. The summed E-state index contributed by atoms with van der Waals surface area (Å²) in [6.07, 6.45) is -1.07.